The van der Waals surface area contributed by atoms with Gasteiger partial charge < -0.3 is 0 Å². The minimum atomic E-state index is 0.764. The Kier molecular flexibility index (Phi) is 0.862. The molecule has 1 rings (SSSR count). The summed E-state index contributed by atoms with van der Waals surface area (Å²) in [5.41, 5.74) is 0. The molecule has 0 aliphatic carbocycles. The summed E-state index contributed by atoms with van der Waals surface area (Å²) in [6, 6.07) is 0. The van der Waals surface area contributed by atoms with Crippen LogP contribution in [0.3, 0.4) is 0 Å². The van der Waals surface area contributed by atoms with Crippen molar-refractivity contribution in [1.82, 2.24) is 10.6 Å². The molecule has 1 aliphatic rings. The van der Waals surface area contributed by atoms with Crippen molar-refractivity contribution in [3.05, 3.63) is 6.54 Å². The van der Waals surface area contributed by atoms with Crippen LogP contribution in [0.25, 0.3) is 0 Å². The van der Waals surface area contributed by atoms with Crippen LogP contribution in [0.4, 0.5) is 0 Å². The number of nitrogens with one attached hydrogen (secondary N) is 1. The van der Waals surface area contributed by atoms with E-state index in [1.807, 2.05) is 0 Å². The van der Waals surface area contributed by atoms with Crippen LogP contribution < -0.4 is 10.6 Å². The van der Waals surface area contributed by atoms with Crippen LogP contribution in [-0.4, -0.2) is 13.2 Å². The van der Waals surface area contributed by atoms with E-state index in [-0.39, 0.29) is 0 Å². The van der Waals surface area contributed by atoms with E-state index in [1.54, 1.807) is 0 Å². The lowest BCUT2D eigenvalue weighted by molar-refractivity contribution is 0.799. The van der Waals surface area contributed by atoms with Gasteiger partial charge in [0.2, 0.25) is 0 Å². The number of nitrogens with zero attached hydrogens (tertiary/aromatic N) is 1. The molecule has 0 aromatic rings. The van der Waals surface area contributed by atoms with Crippen LogP contribution in [0.15, 0.2) is 0 Å². The van der Waals surface area contributed by atoms with Gasteiger partial charge in [0.15, 0.2) is 0 Å². The molecule has 0 aromatic heterocycles. The molecule has 1 aliphatic heterocycles. The number of hydrogen-bond acceptors (Lipinski definition) is 1. The predicted molar refractivity (Wildman–Crippen MR) is 18.2 cm³/mol. The first kappa shape index (κ1) is 3.12. The molecule has 2 heteroatoms. The molecule has 1 fully saturated rings. The van der Waals surface area contributed by atoms with Crippen molar-refractivity contribution in [1.29, 1.82) is 0 Å². The van der Waals surface area contributed by atoms with Crippen molar-refractivity contribution in [3.63, 3.8) is 0 Å². The highest BCUT2D eigenvalue weighted by Gasteiger charge is 1.94. The lowest BCUT2D eigenvalue weighted by Gasteiger charge is -1.73. The highest BCUT2D eigenvalue weighted by Crippen LogP contribution is 1.73. The molecular weight excluding hydrogens is 64.0 g/mol. The fraction of sp³-hybridized carbons (Fsp3) is 0.667. The van der Waals surface area contributed by atoms with Gasteiger partial charge in [-0.15, -0.1) is 0 Å². The van der Waals surface area contributed by atoms with Crippen LogP contribution in [0, 0.1) is 6.54 Å². The second-order valence-corrected chi connectivity index (χ2v) is 0.893. The number of rotatable bonds is 0. The maximum absolute atomic E-state index is 3.86. The molecule has 27 valence electrons. The van der Waals surface area contributed by atoms with Crippen molar-refractivity contribution >= 4 is 0 Å². The third-order valence-corrected chi connectivity index (χ3v) is 0.507. The van der Waals surface area contributed by atoms with E-state index in [0.717, 1.165) is 13.2 Å². The molecule has 0 spiro atoms. The third-order valence-electron chi connectivity index (χ3n) is 0.507. The first-order chi connectivity index (χ1) is 2.50. The second kappa shape index (κ2) is 1.38. The Morgan fingerprint density at radius 2 is 2.80 bits per heavy atom. The molecule has 0 saturated carbocycles. The standard InChI is InChI=1S/C3H5N2/c1-2-5-3-4-1/h5H,1,3H2. The average molecular weight is 69.1 g/mol. The van der Waals surface area contributed by atoms with E-state index in [1.165, 1.54) is 0 Å². The Morgan fingerprint density at radius 3 is 3.00 bits per heavy atom. The van der Waals surface area contributed by atoms with Crippen molar-refractivity contribution < 1.29 is 0 Å². The summed E-state index contributed by atoms with van der Waals surface area (Å²) in [7, 11) is 0. The normalized spacial score (nSPS) is 24.0. The first-order valence-corrected chi connectivity index (χ1v) is 1.59. The quantitative estimate of drug-likeness (QED) is 0.395. The van der Waals surface area contributed by atoms with Gasteiger partial charge in [-0.05, 0) is 0 Å². The summed E-state index contributed by atoms with van der Waals surface area (Å²) < 4.78 is 0. The van der Waals surface area contributed by atoms with Crippen LogP contribution in [0.5, 0.6) is 0 Å². The molecule has 0 aromatic carbocycles. The maximum atomic E-state index is 3.86. The zero-order valence-electron chi connectivity index (χ0n) is 2.86. The Balaban J connectivity index is 2.08. The highest BCUT2D eigenvalue weighted by molar-refractivity contribution is 4.69. The topological polar surface area (TPSA) is 26.1 Å². The van der Waals surface area contributed by atoms with Crippen molar-refractivity contribution in [3.8, 4) is 0 Å². The van der Waals surface area contributed by atoms with Crippen LogP contribution >= 0.6 is 0 Å². The van der Waals surface area contributed by atoms with E-state index in [2.05, 4.69) is 17.2 Å². The Bertz CT molecular complexity index is 16.5. The van der Waals surface area contributed by atoms with Gasteiger partial charge in [0, 0.05) is 6.54 Å². The molecular formula is C3H5N2. The molecule has 1 heterocycles. The summed E-state index contributed by atoms with van der Waals surface area (Å²) in [6.07, 6.45) is 0. The van der Waals surface area contributed by atoms with Gasteiger partial charge in [0.05, 0.1) is 13.2 Å². The minimum absolute atomic E-state index is 0.764. The van der Waals surface area contributed by atoms with Gasteiger partial charge >= 0.3 is 0 Å². The fourth-order valence-electron chi connectivity index (χ4n) is 0.280. The van der Waals surface area contributed by atoms with Gasteiger partial charge in [-0.1, -0.05) is 0 Å². The van der Waals surface area contributed by atoms with E-state index in [4.69, 9.17) is 0 Å². The Labute approximate surface area is 31.6 Å². The second-order valence-electron chi connectivity index (χ2n) is 0.893. The molecule has 5 heavy (non-hydrogen) atoms. The van der Waals surface area contributed by atoms with Crippen molar-refractivity contribution in [2.45, 2.75) is 0 Å². The van der Waals surface area contributed by atoms with Crippen molar-refractivity contribution in [2.75, 3.05) is 13.2 Å². The molecule has 0 amide bonds. The van der Waals surface area contributed by atoms with Crippen LogP contribution in [-0.2, 0) is 0 Å². The molecule has 0 bridgehead atoms. The first-order valence-electron chi connectivity index (χ1n) is 1.59. The molecule has 2 nitrogen and oxygen atoms in total. The average Bonchev–Trinajstić information content (AvgIpc) is 1.76. The van der Waals surface area contributed by atoms with E-state index < -0.39 is 0 Å². The summed E-state index contributed by atoms with van der Waals surface area (Å²) in [5.74, 6) is 0. The predicted octanol–water partition coefficient (Wildman–Crippen LogP) is -0.810. The molecule has 3 radical (unpaired) electrons. The zero-order valence-corrected chi connectivity index (χ0v) is 2.86. The van der Waals surface area contributed by atoms with Gasteiger partial charge in [0.1, 0.15) is 0 Å². The highest BCUT2D eigenvalue weighted by atomic mass is 15.1. The van der Waals surface area contributed by atoms with E-state index >= 15 is 0 Å². The van der Waals surface area contributed by atoms with Crippen LogP contribution in [0.1, 0.15) is 0 Å². The lowest BCUT2D eigenvalue weighted by atomic mass is 10.7. The fourth-order valence-corrected chi connectivity index (χ4v) is 0.280. The summed E-state index contributed by atoms with van der Waals surface area (Å²) in [4.78, 5) is 0. The van der Waals surface area contributed by atoms with Gasteiger partial charge in [-0.3, -0.25) is 5.32 Å². The minimum Gasteiger partial charge on any atom is -0.293 e. The Hall–Kier alpha value is -0.0800. The smallest absolute Gasteiger partial charge is 0.0768 e. The van der Waals surface area contributed by atoms with Gasteiger partial charge in [-0.2, -0.15) is 0 Å². The molecule has 1 N–H and O–H groups in total. The summed E-state index contributed by atoms with van der Waals surface area (Å²) >= 11 is 0. The maximum Gasteiger partial charge on any atom is 0.0768 e. The number of hydrogen-bond donors (Lipinski definition) is 1. The van der Waals surface area contributed by atoms with Crippen LogP contribution in [0.2, 0.25) is 0 Å². The molecule has 1 saturated heterocycles. The molecule has 0 unspecified atom stereocenters. The largest absolute Gasteiger partial charge is 0.293 e. The zero-order chi connectivity index (χ0) is 3.54. The summed E-state index contributed by atoms with van der Waals surface area (Å²) in [5, 5.41) is 6.67. The Morgan fingerprint density at radius 1 is 1.80 bits per heavy atom. The SMILES string of the molecule is [C]1C[N]CN1. The van der Waals surface area contributed by atoms with Gasteiger partial charge in [-0.25, -0.2) is 5.32 Å². The van der Waals surface area contributed by atoms with Crippen molar-refractivity contribution in [2.24, 2.45) is 0 Å². The van der Waals surface area contributed by atoms with E-state index in [0.29, 0.717) is 0 Å². The summed E-state index contributed by atoms with van der Waals surface area (Å²) in [6.45, 7) is 4.33. The van der Waals surface area contributed by atoms with Gasteiger partial charge in [0.25, 0.3) is 0 Å². The molecule has 0 atom stereocenters. The monoisotopic (exact) mass is 69.0 g/mol. The van der Waals surface area contributed by atoms with E-state index in [9.17, 15) is 0 Å². The third kappa shape index (κ3) is 0.597. The lowest BCUT2D eigenvalue weighted by Crippen LogP contribution is -2.04.